The Bertz CT molecular complexity index is 977. The number of benzene rings is 2. The fourth-order valence-electron chi connectivity index (χ4n) is 3.75. The van der Waals surface area contributed by atoms with Gasteiger partial charge in [-0.05, 0) is 68.8 Å². The van der Waals surface area contributed by atoms with Crippen LogP contribution in [0.4, 0.5) is 4.39 Å². The van der Waals surface area contributed by atoms with Gasteiger partial charge in [-0.3, -0.25) is 4.90 Å². The third-order valence-electron chi connectivity index (χ3n) is 5.38. The summed E-state index contributed by atoms with van der Waals surface area (Å²) in [6.45, 7) is 4.16. The maximum absolute atomic E-state index is 14.6. The molecule has 0 saturated carbocycles. The molecule has 2 aromatic carbocycles. The molecule has 6 nitrogen and oxygen atoms in total. The fraction of sp³-hybridized carbons (Fsp3) is 0.455. The quantitative estimate of drug-likeness (QED) is 0.533. The van der Waals surface area contributed by atoms with Crippen molar-refractivity contribution < 1.29 is 22.3 Å². The Morgan fingerprint density at radius 2 is 1.94 bits per heavy atom. The third-order valence-corrected chi connectivity index (χ3v) is 7.13. The standard InChI is InChI=1S/C22H28ClFN2O4S/c1-16-14-17(8-9-21(16)30-13-12-29-2)31(27,28)25-15-20(26-10-3-4-11-26)22-18(23)6-5-7-19(22)24/h5-9,14,20,25H,3-4,10-13,15H2,1-2H3. The van der Waals surface area contributed by atoms with Crippen molar-refractivity contribution in [2.75, 3.05) is 40.0 Å². The lowest BCUT2D eigenvalue weighted by Gasteiger charge is -2.29. The molecule has 1 unspecified atom stereocenters. The van der Waals surface area contributed by atoms with Gasteiger partial charge in [0, 0.05) is 24.2 Å². The van der Waals surface area contributed by atoms with Crippen LogP contribution in [0.2, 0.25) is 5.02 Å². The summed E-state index contributed by atoms with van der Waals surface area (Å²) in [7, 11) is -2.22. The lowest BCUT2D eigenvalue weighted by Crippen LogP contribution is -2.37. The van der Waals surface area contributed by atoms with Crippen molar-refractivity contribution in [3.8, 4) is 5.75 Å². The molecule has 170 valence electrons. The van der Waals surface area contributed by atoms with Crippen molar-refractivity contribution in [3.63, 3.8) is 0 Å². The Labute approximate surface area is 188 Å². The highest BCUT2D eigenvalue weighted by Gasteiger charge is 2.29. The van der Waals surface area contributed by atoms with E-state index in [0.29, 0.717) is 35.1 Å². The molecule has 0 aromatic heterocycles. The molecule has 1 atom stereocenters. The number of hydrogen-bond donors (Lipinski definition) is 1. The van der Waals surface area contributed by atoms with E-state index in [9.17, 15) is 12.8 Å². The number of aryl methyl sites for hydroxylation is 1. The smallest absolute Gasteiger partial charge is 0.240 e. The van der Waals surface area contributed by atoms with E-state index in [1.54, 1.807) is 38.3 Å². The largest absolute Gasteiger partial charge is 0.491 e. The minimum atomic E-state index is -3.81. The van der Waals surface area contributed by atoms with Gasteiger partial charge in [-0.25, -0.2) is 17.5 Å². The predicted octanol–water partition coefficient (Wildman–Crippen LogP) is 3.93. The zero-order chi connectivity index (χ0) is 22.4. The first-order chi connectivity index (χ1) is 14.8. The molecule has 1 saturated heterocycles. The Hall–Kier alpha value is -1.71. The van der Waals surface area contributed by atoms with Crippen LogP contribution in [0.1, 0.15) is 30.0 Å². The van der Waals surface area contributed by atoms with E-state index in [-0.39, 0.29) is 11.4 Å². The molecule has 1 heterocycles. The van der Waals surface area contributed by atoms with Crippen molar-refractivity contribution in [2.24, 2.45) is 0 Å². The van der Waals surface area contributed by atoms with Crippen LogP contribution < -0.4 is 9.46 Å². The molecule has 1 aliphatic heterocycles. The maximum Gasteiger partial charge on any atom is 0.240 e. The van der Waals surface area contributed by atoms with Crippen molar-refractivity contribution in [3.05, 3.63) is 58.4 Å². The van der Waals surface area contributed by atoms with Gasteiger partial charge in [-0.1, -0.05) is 17.7 Å². The average molecular weight is 471 g/mol. The van der Waals surface area contributed by atoms with E-state index in [0.717, 1.165) is 25.9 Å². The summed E-state index contributed by atoms with van der Waals surface area (Å²) in [6.07, 6.45) is 1.97. The van der Waals surface area contributed by atoms with Crippen molar-refractivity contribution in [1.29, 1.82) is 0 Å². The zero-order valence-electron chi connectivity index (χ0n) is 17.7. The second kappa shape index (κ2) is 10.7. The zero-order valence-corrected chi connectivity index (χ0v) is 19.3. The Balaban J connectivity index is 1.78. The van der Waals surface area contributed by atoms with Gasteiger partial charge in [0.05, 0.1) is 17.5 Å². The number of likely N-dealkylation sites (tertiary alicyclic amines) is 1. The molecule has 31 heavy (non-hydrogen) atoms. The van der Waals surface area contributed by atoms with Gasteiger partial charge in [0.2, 0.25) is 10.0 Å². The van der Waals surface area contributed by atoms with Gasteiger partial charge in [0.15, 0.2) is 0 Å². The van der Waals surface area contributed by atoms with Crippen molar-refractivity contribution in [2.45, 2.75) is 30.7 Å². The first-order valence-corrected chi connectivity index (χ1v) is 12.1. The first-order valence-electron chi connectivity index (χ1n) is 10.2. The van der Waals surface area contributed by atoms with Gasteiger partial charge in [0.1, 0.15) is 18.2 Å². The number of rotatable bonds is 10. The van der Waals surface area contributed by atoms with Gasteiger partial charge < -0.3 is 9.47 Å². The highest BCUT2D eigenvalue weighted by atomic mass is 35.5. The highest BCUT2D eigenvalue weighted by molar-refractivity contribution is 7.89. The van der Waals surface area contributed by atoms with Crippen LogP contribution in [0.25, 0.3) is 0 Å². The van der Waals surface area contributed by atoms with Crippen LogP contribution in [-0.4, -0.2) is 53.3 Å². The SMILES string of the molecule is COCCOc1ccc(S(=O)(=O)NCC(c2c(F)cccc2Cl)N2CCCC2)cc1C. The van der Waals surface area contributed by atoms with Gasteiger partial charge in [-0.2, -0.15) is 0 Å². The topological polar surface area (TPSA) is 67.9 Å². The number of methoxy groups -OCH3 is 1. The number of halogens is 2. The summed E-state index contributed by atoms with van der Waals surface area (Å²) in [5.41, 5.74) is 1.03. The minimum absolute atomic E-state index is 0.0219. The number of ether oxygens (including phenoxy) is 2. The molecular weight excluding hydrogens is 443 g/mol. The second-order valence-electron chi connectivity index (χ2n) is 7.51. The number of hydrogen-bond acceptors (Lipinski definition) is 5. The summed E-state index contributed by atoms with van der Waals surface area (Å²) in [5.74, 6) is 0.168. The molecule has 3 rings (SSSR count). The Morgan fingerprint density at radius 3 is 2.58 bits per heavy atom. The molecule has 1 fully saturated rings. The van der Waals surface area contributed by atoms with Crippen LogP contribution in [0, 0.1) is 12.7 Å². The Kier molecular flexibility index (Phi) is 8.30. The van der Waals surface area contributed by atoms with E-state index in [4.69, 9.17) is 21.1 Å². The van der Waals surface area contributed by atoms with E-state index >= 15 is 0 Å². The molecule has 0 aliphatic carbocycles. The van der Waals surface area contributed by atoms with Gasteiger partial charge in [0.25, 0.3) is 0 Å². The maximum atomic E-state index is 14.6. The van der Waals surface area contributed by atoms with E-state index in [2.05, 4.69) is 9.62 Å². The van der Waals surface area contributed by atoms with Gasteiger partial charge in [-0.15, -0.1) is 0 Å². The molecule has 0 radical (unpaired) electrons. The van der Waals surface area contributed by atoms with Crippen LogP contribution in [0.5, 0.6) is 5.75 Å². The molecule has 0 bridgehead atoms. The molecule has 0 amide bonds. The summed E-state index contributed by atoms with van der Waals surface area (Å²) in [6, 6.07) is 8.73. The summed E-state index contributed by atoms with van der Waals surface area (Å²) < 4.78 is 53.7. The first kappa shape index (κ1) is 23.9. The molecular formula is C22H28ClFN2O4S. The lowest BCUT2D eigenvalue weighted by molar-refractivity contribution is 0.146. The second-order valence-corrected chi connectivity index (χ2v) is 9.69. The Morgan fingerprint density at radius 1 is 1.19 bits per heavy atom. The van der Waals surface area contributed by atoms with Crippen LogP contribution in [0.15, 0.2) is 41.3 Å². The number of sulfonamides is 1. The number of nitrogens with one attached hydrogen (secondary N) is 1. The van der Waals surface area contributed by atoms with Gasteiger partial charge >= 0.3 is 0 Å². The third kappa shape index (κ3) is 5.96. The molecule has 1 N–H and O–H groups in total. The monoisotopic (exact) mass is 470 g/mol. The summed E-state index contributed by atoms with van der Waals surface area (Å²) in [4.78, 5) is 2.20. The van der Waals surface area contributed by atoms with Crippen LogP contribution in [0.3, 0.4) is 0 Å². The van der Waals surface area contributed by atoms with Crippen LogP contribution >= 0.6 is 11.6 Å². The predicted molar refractivity (Wildman–Crippen MR) is 119 cm³/mol. The van der Waals surface area contributed by atoms with E-state index in [1.807, 2.05) is 0 Å². The van der Waals surface area contributed by atoms with Crippen molar-refractivity contribution in [1.82, 2.24) is 9.62 Å². The molecule has 0 spiro atoms. The molecule has 2 aromatic rings. The average Bonchev–Trinajstić information content (AvgIpc) is 3.26. The van der Waals surface area contributed by atoms with Crippen LogP contribution in [-0.2, 0) is 14.8 Å². The van der Waals surface area contributed by atoms with Crippen molar-refractivity contribution >= 4 is 21.6 Å². The normalized spacial score (nSPS) is 15.9. The van der Waals surface area contributed by atoms with E-state index < -0.39 is 21.9 Å². The lowest BCUT2D eigenvalue weighted by atomic mass is 10.0. The summed E-state index contributed by atoms with van der Waals surface area (Å²) >= 11 is 6.29. The minimum Gasteiger partial charge on any atom is -0.491 e. The molecule has 1 aliphatic rings. The highest BCUT2D eigenvalue weighted by Crippen LogP contribution is 2.32. The summed E-state index contributed by atoms with van der Waals surface area (Å²) in [5, 5.41) is 0.296. The molecule has 9 heteroatoms. The van der Waals surface area contributed by atoms with E-state index in [1.165, 1.54) is 12.1 Å². The fourth-order valence-corrected chi connectivity index (χ4v) is 5.17. The number of nitrogens with zero attached hydrogens (tertiary/aromatic N) is 1.